The van der Waals surface area contributed by atoms with Crippen LogP contribution in [0.4, 0.5) is 0 Å². The number of likely N-dealkylation sites (tertiary alicyclic amines) is 1. The average molecular weight is 375 g/mol. The molecule has 2 rings (SSSR count). The van der Waals surface area contributed by atoms with Gasteiger partial charge in [0.1, 0.15) is 6.04 Å². The van der Waals surface area contributed by atoms with Gasteiger partial charge in [-0.05, 0) is 32.1 Å². The van der Waals surface area contributed by atoms with Gasteiger partial charge in [0.25, 0.3) is 0 Å². The molecule has 9 heteroatoms. The zero-order valence-electron chi connectivity index (χ0n) is 13.8. The highest BCUT2D eigenvalue weighted by atomic mass is 32.1. The molecule has 1 saturated heterocycles. The first-order chi connectivity index (χ1) is 10.7. The number of carbonyl (C=O) groups excluding carboxylic acids is 4. The fourth-order valence-electron chi connectivity index (χ4n) is 3.64. The fraction of sp³-hybridized carbons (Fsp3) is 0.750. The second-order valence-corrected chi connectivity index (χ2v) is 6.61. The van der Waals surface area contributed by atoms with Crippen molar-refractivity contribution in [2.24, 2.45) is 16.9 Å². The van der Waals surface area contributed by atoms with Crippen LogP contribution in [0.25, 0.3) is 0 Å². The lowest BCUT2D eigenvalue weighted by Gasteiger charge is -2.54. The number of primary amides is 2. The Hall–Kier alpha value is -1.77. The molecule has 1 atom stereocenters. The molecule has 0 aromatic rings. The summed E-state index contributed by atoms with van der Waals surface area (Å²) in [6.45, 7) is 1.96. The number of carbonyl (C=O) groups is 4. The van der Waals surface area contributed by atoms with E-state index in [1.165, 1.54) is 11.8 Å². The van der Waals surface area contributed by atoms with Crippen LogP contribution in [0.5, 0.6) is 0 Å². The Morgan fingerprint density at radius 1 is 1.28 bits per heavy atom. The van der Waals surface area contributed by atoms with Crippen LogP contribution >= 0.6 is 13.5 Å². The molecule has 4 amide bonds. The summed E-state index contributed by atoms with van der Waals surface area (Å²) in [5.74, 6) is -1.27. The summed E-state index contributed by atoms with van der Waals surface area (Å²) in [5, 5.41) is 2.88. The first-order valence-corrected chi connectivity index (χ1v) is 7.91. The van der Waals surface area contributed by atoms with Crippen LogP contribution in [-0.2, 0) is 19.2 Å². The summed E-state index contributed by atoms with van der Waals surface area (Å²) >= 11 is 0. The van der Waals surface area contributed by atoms with E-state index in [4.69, 9.17) is 11.5 Å². The quantitative estimate of drug-likeness (QED) is 0.553. The fourth-order valence-corrected chi connectivity index (χ4v) is 3.64. The molecule has 0 bridgehead atoms. The van der Waals surface area contributed by atoms with Crippen molar-refractivity contribution in [1.82, 2.24) is 10.2 Å². The highest BCUT2D eigenvalue weighted by molar-refractivity contribution is 7.59. The first-order valence-electron chi connectivity index (χ1n) is 7.91. The van der Waals surface area contributed by atoms with Crippen LogP contribution in [0.1, 0.15) is 52.9 Å². The van der Waals surface area contributed by atoms with Gasteiger partial charge in [-0.1, -0.05) is 7.43 Å². The van der Waals surface area contributed by atoms with Crippen molar-refractivity contribution >= 4 is 37.1 Å². The normalized spacial score (nSPS) is 25.9. The van der Waals surface area contributed by atoms with Gasteiger partial charge in [0.2, 0.25) is 23.6 Å². The summed E-state index contributed by atoms with van der Waals surface area (Å²) in [4.78, 5) is 47.6. The highest BCUT2D eigenvalue weighted by Crippen LogP contribution is 2.46. The topological polar surface area (TPSA) is 136 Å². The molecule has 0 aromatic carbocycles. The lowest BCUT2D eigenvalue weighted by Crippen LogP contribution is -2.68. The van der Waals surface area contributed by atoms with Crippen LogP contribution in [0, 0.1) is 5.41 Å². The Labute approximate surface area is 155 Å². The number of nitrogens with two attached hydrogens (primary N) is 2. The molecule has 25 heavy (non-hydrogen) atoms. The molecular weight excluding hydrogens is 344 g/mol. The molecule has 2 aliphatic rings. The molecule has 0 radical (unpaired) electrons. The van der Waals surface area contributed by atoms with E-state index in [-0.39, 0.29) is 51.6 Å². The largest absolute Gasteiger partial charge is 0.370 e. The van der Waals surface area contributed by atoms with Crippen LogP contribution in [0.2, 0.25) is 0 Å². The SMILES string of the molecule is C.CC(=O)NC1CCC2(CC1)CN([C@@H](CCC(N)=O)C(N)=O)C2=O.S. The van der Waals surface area contributed by atoms with E-state index >= 15 is 0 Å². The van der Waals surface area contributed by atoms with Gasteiger partial charge in [-0.3, -0.25) is 19.2 Å². The highest BCUT2D eigenvalue weighted by Gasteiger charge is 2.55. The lowest BCUT2D eigenvalue weighted by atomic mass is 9.66. The van der Waals surface area contributed by atoms with Crippen LogP contribution in [-0.4, -0.2) is 47.2 Å². The summed E-state index contributed by atoms with van der Waals surface area (Å²) in [6.07, 6.45) is 3.07. The van der Waals surface area contributed by atoms with Crippen molar-refractivity contribution in [2.45, 2.75) is 65.0 Å². The maximum absolute atomic E-state index is 12.6. The number of amides is 4. The predicted molar refractivity (Wildman–Crippen MR) is 98.7 cm³/mol. The standard InChI is InChI=1S/C15H24N4O4.CH4.H2S/c1-9(20)18-10-4-6-15(7-5-10)8-19(14(15)23)11(13(17)22)2-3-12(16)21;;/h10-11H,2-8H2,1H3,(H2,16,21)(H2,17,22)(H,18,20);1H4;1H2/t10?,11-,15?;;/m0../s1. The maximum Gasteiger partial charge on any atom is 0.240 e. The molecule has 0 unspecified atom stereocenters. The molecule has 1 spiro atoms. The lowest BCUT2D eigenvalue weighted by molar-refractivity contribution is -0.171. The van der Waals surface area contributed by atoms with Crippen molar-refractivity contribution < 1.29 is 19.2 Å². The Morgan fingerprint density at radius 2 is 1.84 bits per heavy atom. The second kappa shape index (κ2) is 9.07. The van der Waals surface area contributed by atoms with Gasteiger partial charge in [-0.15, -0.1) is 0 Å². The van der Waals surface area contributed by atoms with Crippen molar-refractivity contribution in [3.05, 3.63) is 0 Å². The zero-order valence-corrected chi connectivity index (χ0v) is 14.8. The van der Waals surface area contributed by atoms with Crippen molar-refractivity contribution in [1.29, 1.82) is 0 Å². The third-order valence-corrected chi connectivity index (χ3v) is 4.91. The Balaban J connectivity index is 0.00000288. The minimum absolute atomic E-state index is 0. The minimum Gasteiger partial charge on any atom is -0.370 e. The third-order valence-electron chi connectivity index (χ3n) is 4.91. The van der Waals surface area contributed by atoms with Crippen molar-refractivity contribution in [3.8, 4) is 0 Å². The molecule has 1 heterocycles. The van der Waals surface area contributed by atoms with E-state index in [2.05, 4.69) is 5.32 Å². The van der Waals surface area contributed by atoms with Gasteiger partial charge in [0.05, 0.1) is 5.41 Å². The van der Waals surface area contributed by atoms with E-state index in [1.54, 1.807) is 0 Å². The number of hydrogen-bond acceptors (Lipinski definition) is 4. The van der Waals surface area contributed by atoms with Crippen molar-refractivity contribution in [3.63, 3.8) is 0 Å². The molecular formula is C16H30N4O4S. The van der Waals surface area contributed by atoms with E-state index in [0.29, 0.717) is 19.4 Å². The number of nitrogens with zero attached hydrogens (tertiary/aromatic N) is 1. The molecule has 144 valence electrons. The first kappa shape index (κ1) is 23.2. The predicted octanol–water partition coefficient (Wildman–Crippen LogP) is -0.238. The zero-order chi connectivity index (χ0) is 17.2. The number of nitrogens with one attached hydrogen (secondary N) is 1. The Bertz CT molecular complexity index is 532. The molecule has 5 N–H and O–H groups in total. The summed E-state index contributed by atoms with van der Waals surface area (Å²) in [6, 6.07) is -0.657. The van der Waals surface area contributed by atoms with Crippen LogP contribution in [0.3, 0.4) is 0 Å². The van der Waals surface area contributed by atoms with Crippen molar-refractivity contribution in [2.75, 3.05) is 6.54 Å². The summed E-state index contributed by atoms with van der Waals surface area (Å²) in [7, 11) is 0. The Kier molecular flexibility index (Phi) is 8.43. The molecule has 8 nitrogen and oxygen atoms in total. The van der Waals surface area contributed by atoms with E-state index in [0.717, 1.165) is 12.8 Å². The van der Waals surface area contributed by atoms with Gasteiger partial charge in [0.15, 0.2) is 0 Å². The molecule has 1 saturated carbocycles. The Morgan fingerprint density at radius 3 is 2.24 bits per heavy atom. The summed E-state index contributed by atoms with van der Waals surface area (Å²) < 4.78 is 0. The van der Waals surface area contributed by atoms with Gasteiger partial charge >= 0.3 is 0 Å². The smallest absolute Gasteiger partial charge is 0.240 e. The number of hydrogen-bond donors (Lipinski definition) is 3. The average Bonchev–Trinajstić information content (AvgIpc) is 2.46. The van der Waals surface area contributed by atoms with E-state index in [1.807, 2.05) is 0 Å². The van der Waals surface area contributed by atoms with Gasteiger partial charge in [0, 0.05) is 25.9 Å². The van der Waals surface area contributed by atoms with Gasteiger partial charge in [-0.25, -0.2) is 0 Å². The second-order valence-electron chi connectivity index (χ2n) is 6.61. The maximum atomic E-state index is 12.6. The molecule has 1 aliphatic heterocycles. The van der Waals surface area contributed by atoms with Crippen LogP contribution < -0.4 is 16.8 Å². The number of β-lactam (4-membered cyclic amide) rings is 1. The molecule has 0 aromatic heterocycles. The molecule has 2 fully saturated rings. The van der Waals surface area contributed by atoms with Gasteiger partial charge < -0.3 is 21.7 Å². The number of rotatable bonds is 6. The summed E-state index contributed by atoms with van der Waals surface area (Å²) in [5.41, 5.74) is 10.0. The van der Waals surface area contributed by atoms with E-state index < -0.39 is 23.3 Å². The minimum atomic E-state index is -0.770. The molecule has 1 aliphatic carbocycles. The van der Waals surface area contributed by atoms with Gasteiger partial charge in [-0.2, -0.15) is 13.5 Å². The van der Waals surface area contributed by atoms with E-state index in [9.17, 15) is 19.2 Å². The monoisotopic (exact) mass is 374 g/mol. The van der Waals surface area contributed by atoms with Crippen LogP contribution in [0.15, 0.2) is 0 Å². The third kappa shape index (κ3) is 5.10.